The van der Waals surface area contributed by atoms with Gasteiger partial charge in [-0.05, 0) is 37.5 Å². The van der Waals surface area contributed by atoms with Gasteiger partial charge >= 0.3 is 6.03 Å². The zero-order valence-corrected chi connectivity index (χ0v) is 10.2. The second-order valence-electron chi connectivity index (χ2n) is 4.47. The topological polar surface area (TPSA) is 23.6 Å². The molecular weight excluding hydrogens is 219 g/mol. The fourth-order valence-electron chi connectivity index (χ4n) is 2.02. The Morgan fingerprint density at radius 3 is 2.59 bits per heavy atom. The number of rotatable bonds is 1. The van der Waals surface area contributed by atoms with Crippen LogP contribution in [0.1, 0.15) is 18.4 Å². The van der Waals surface area contributed by atoms with Crippen LogP contribution >= 0.6 is 0 Å². The van der Waals surface area contributed by atoms with Crippen LogP contribution in [0.2, 0.25) is 0 Å². The molecule has 0 N–H and O–H groups in total. The van der Waals surface area contributed by atoms with Crippen molar-refractivity contribution in [2.75, 3.05) is 25.0 Å². The molecule has 1 aliphatic rings. The Balaban J connectivity index is 2.15. The number of urea groups is 1. The van der Waals surface area contributed by atoms with E-state index < -0.39 is 0 Å². The molecule has 1 saturated heterocycles. The highest BCUT2D eigenvalue weighted by atomic mass is 19.1. The number of carbonyl (C=O) groups excluding carboxylic acids is 1. The molecule has 0 spiro atoms. The molecule has 4 heteroatoms. The first kappa shape index (κ1) is 11.9. The van der Waals surface area contributed by atoms with Crippen molar-refractivity contribution in [2.45, 2.75) is 19.8 Å². The molecule has 1 aliphatic heterocycles. The maximum atomic E-state index is 13.4. The van der Waals surface area contributed by atoms with Crippen molar-refractivity contribution in [1.29, 1.82) is 0 Å². The molecule has 0 radical (unpaired) electrons. The Kier molecular flexibility index (Phi) is 3.31. The molecule has 0 aliphatic carbocycles. The first-order valence-electron chi connectivity index (χ1n) is 5.88. The highest BCUT2D eigenvalue weighted by Gasteiger charge is 2.22. The van der Waals surface area contributed by atoms with E-state index in [0.717, 1.165) is 25.9 Å². The summed E-state index contributed by atoms with van der Waals surface area (Å²) in [5.41, 5.74) is 1.20. The monoisotopic (exact) mass is 236 g/mol. The van der Waals surface area contributed by atoms with Crippen molar-refractivity contribution in [3.05, 3.63) is 29.6 Å². The molecular formula is C13H17FN2O. The lowest BCUT2D eigenvalue weighted by molar-refractivity contribution is 0.217. The summed E-state index contributed by atoms with van der Waals surface area (Å²) in [6, 6.07) is 4.82. The maximum absolute atomic E-state index is 13.4. The fourth-order valence-corrected chi connectivity index (χ4v) is 2.02. The van der Waals surface area contributed by atoms with Crippen LogP contribution in [0.5, 0.6) is 0 Å². The van der Waals surface area contributed by atoms with E-state index in [1.165, 1.54) is 11.0 Å². The molecule has 1 fully saturated rings. The van der Waals surface area contributed by atoms with Gasteiger partial charge in [-0.15, -0.1) is 0 Å². The van der Waals surface area contributed by atoms with E-state index in [2.05, 4.69) is 0 Å². The van der Waals surface area contributed by atoms with Gasteiger partial charge in [0.2, 0.25) is 0 Å². The third-order valence-electron chi connectivity index (χ3n) is 3.21. The van der Waals surface area contributed by atoms with Gasteiger partial charge in [-0.2, -0.15) is 0 Å². The third kappa shape index (κ3) is 2.40. The van der Waals surface area contributed by atoms with Crippen LogP contribution in [0.3, 0.4) is 0 Å². The van der Waals surface area contributed by atoms with Crippen LogP contribution in [-0.4, -0.2) is 31.1 Å². The predicted octanol–water partition coefficient (Wildman–Crippen LogP) is 2.79. The van der Waals surface area contributed by atoms with Crippen LogP contribution in [0, 0.1) is 12.7 Å². The quantitative estimate of drug-likeness (QED) is 0.735. The molecule has 17 heavy (non-hydrogen) atoms. The summed E-state index contributed by atoms with van der Waals surface area (Å²) in [4.78, 5) is 15.4. The lowest BCUT2D eigenvalue weighted by Crippen LogP contribution is -2.39. The summed E-state index contributed by atoms with van der Waals surface area (Å²) in [6.07, 6.45) is 2.11. The second kappa shape index (κ2) is 4.73. The zero-order valence-electron chi connectivity index (χ0n) is 10.2. The van der Waals surface area contributed by atoms with E-state index in [1.54, 1.807) is 31.0 Å². The number of hydrogen-bond acceptors (Lipinski definition) is 1. The summed E-state index contributed by atoms with van der Waals surface area (Å²) in [7, 11) is 1.69. The highest BCUT2D eigenvalue weighted by Crippen LogP contribution is 2.19. The normalized spacial score (nSPS) is 15.1. The van der Waals surface area contributed by atoms with Gasteiger partial charge in [0, 0.05) is 25.8 Å². The van der Waals surface area contributed by atoms with Crippen LogP contribution in [-0.2, 0) is 0 Å². The van der Waals surface area contributed by atoms with E-state index in [1.807, 2.05) is 0 Å². The van der Waals surface area contributed by atoms with E-state index in [4.69, 9.17) is 0 Å². The number of amides is 2. The predicted molar refractivity (Wildman–Crippen MR) is 65.7 cm³/mol. The van der Waals surface area contributed by atoms with Gasteiger partial charge in [-0.25, -0.2) is 9.18 Å². The van der Waals surface area contributed by atoms with Crippen LogP contribution in [0.4, 0.5) is 14.9 Å². The summed E-state index contributed by atoms with van der Waals surface area (Å²) in [5.74, 6) is -0.274. The molecule has 0 saturated carbocycles. The number of benzene rings is 1. The number of halogens is 1. The van der Waals surface area contributed by atoms with Crippen molar-refractivity contribution in [3.8, 4) is 0 Å². The maximum Gasteiger partial charge on any atom is 0.324 e. The Morgan fingerprint density at radius 2 is 2.00 bits per heavy atom. The molecule has 0 aromatic heterocycles. The van der Waals surface area contributed by atoms with E-state index in [9.17, 15) is 9.18 Å². The van der Waals surface area contributed by atoms with E-state index in [0.29, 0.717) is 11.3 Å². The minimum absolute atomic E-state index is 0.0502. The Bertz CT molecular complexity index is 427. The van der Waals surface area contributed by atoms with Gasteiger partial charge in [-0.3, -0.25) is 4.90 Å². The van der Waals surface area contributed by atoms with Gasteiger partial charge in [0.05, 0.1) is 0 Å². The van der Waals surface area contributed by atoms with Gasteiger partial charge < -0.3 is 4.90 Å². The number of anilines is 1. The number of aryl methyl sites for hydroxylation is 1. The highest BCUT2D eigenvalue weighted by molar-refractivity contribution is 5.91. The molecule has 1 aromatic carbocycles. The molecule has 0 unspecified atom stereocenters. The van der Waals surface area contributed by atoms with E-state index >= 15 is 0 Å². The Labute approximate surface area is 101 Å². The van der Waals surface area contributed by atoms with E-state index in [-0.39, 0.29) is 11.8 Å². The number of likely N-dealkylation sites (tertiary alicyclic amines) is 1. The Hall–Kier alpha value is -1.58. The summed E-state index contributed by atoms with van der Waals surface area (Å²) in [6.45, 7) is 3.32. The number of hydrogen-bond donors (Lipinski definition) is 0. The minimum atomic E-state index is -0.274. The summed E-state index contributed by atoms with van der Waals surface area (Å²) >= 11 is 0. The summed E-state index contributed by atoms with van der Waals surface area (Å²) < 4.78 is 13.4. The molecule has 3 nitrogen and oxygen atoms in total. The van der Waals surface area contributed by atoms with Crippen LogP contribution in [0.15, 0.2) is 18.2 Å². The standard InChI is InChI=1S/C13H17FN2O/c1-10-5-6-11(9-12(10)14)15(2)13(17)16-7-3-4-8-16/h5-6,9H,3-4,7-8H2,1-2H3. The van der Waals surface area contributed by atoms with Gasteiger partial charge in [0.1, 0.15) is 5.82 Å². The van der Waals surface area contributed by atoms with Crippen LogP contribution < -0.4 is 4.90 Å². The van der Waals surface area contributed by atoms with Crippen molar-refractivity contribution < 1.29 is 9.18 Å². The molecule has 92 valence electrons. The number of carbonyl (C=O) groups is 1. The molecule has 2 amide bonds. The Morgan fingerprint density at radius 1 is 1.35 bits per heavy atom. The fraction of sp³-hybridized carbons (Fsp3) is 0.462. The zero-order chi connectivity index (χ0) is 12.4. The number of nitrogens with zero attached hydrogens (tertiary/aromatic N) is 2. The lowest BCUT2D eigenvalue weighted by Gasteiger charge is -2.24. The van der Waals surface area contributed by atoms with Crippen molar-refractivity contribution in [2.24, 2.45) is 0 Å². The first-order valence-corrected chi connectivity index (χ1v) is 5.88. The van der Waals surface area contributed by atoms with Crippen LogP contribution in [0.25, 0.3) is 0 Å². The average Bonchev–Trinajstić information content (AvgIpc) is 2.84. The third-order valence-corrected chi connectivity index (χ3v) is 3.21. The second-order valence-corrected chi connectivity index (χ2v) is 4.47. The largest absolute Gasteiger partial charge is 0.324 e. The minimum Gasteiger partial charge on any atom is -0.324 e. The molecule has 2 rings (SSSR count). The first-order chi connectivity index (χ1) is 8.09. The SMILES string of the molecule is Cc1ccc(N(C)C(=O)N2CCCC2)cc1F. The summed E-state index contributed by atoms with van der Waals surface area (Å²) in [5, 5.41) is 0. The van der Waals surface area contributed by atoms with Crippen molar-refractivity contribution in [3.63, 3.8) is 0 Å². The molecule has 0 atom stereocenters. The smallest absolute Gasteiger partial charge is 0.324 e. The molecule has 1 heterocycles. The van der Waals surface area contributed by atoms with Crippen molar-refractivity contribution in [1.82, 2.24) is 4.90 Å². The molecule has 0 bridgehead atoms. The molecule has 1 aromatic rings. The van der Waals surface area contributed by atoms with Crippen molar-refractivity contribution >= 4 is 11.7 Å². The van der Waals surface area contributed by atoms with Gasteiger partial charge in [-0.1, -0.05) is 6.07 Å². The van der Waals surface area contributed by atoms with Gasteiger partial charge in [0.15, 0.2) is 0 Å². The average molecular weight is 236 g/mol. The van der Waals surface area contributed by atoms with Gasteiger partial charge in [0.25, 0.3) is 0 Å². The lowest BCUT2D eigenvalue weighted by atomic mass is 10.2.